The average molecular weight is 277 g/mol. The van der Waals surface area contributed by atoms with Crippen molar-refractivity contribution in [2.24, 2.45) is 5.41 Å². The minimum Gasteiger partial charge on any atom is -0.481 e. The molecule has 0 spiro atoms. The van der Waals surface area contributed by atoms with Gasteiger partial charge in [-0.1, -0.05) is 6.92 Å². The second kappa shape index (κ2) is 5.53. The molecule has 1 fully saturated rings. The van der Waals surface area contributed by atoms with Gasteiger partial charge in [0, 0.05) is 19.2 Å². The third-order valence-corrected chi connectivity index (χ3v) is 3.95. The summed E-state index contributed by atoms with van der Waals surface area (Å²) in [5.41, 5.74) is -0.787. The van der Waals surface area contributed by atoms with Gasteiger partial charge in [-0.25, -0.2) is 0 Å². The molecule has 5 nitrogen and oxygen atoms in total. The fraction of sp³-hybridized carbons (Fsp3) is 0.467. The first-order valence-electron chi connectivity index (χ1n) is 6.74. The molecule has 1 N–H and O–H groups in total. The molecule has 1 aliphatic rings. The highest BCUT2D eigenvalue weighted by molar-refractivity contribution is 5.92. The average Bonchev–Trinajstić information content (AvgIpc) is 3.03. The van der Waals surface area contributed by atoms with Gasteiger partial charge in [0.1, 0.15) is 11.5 Å². The van der Waals surface area contributed by atoms with Crippen molar-refractivity contribution < 1.29 is 19.1 Å². The molecule has 0 bridgehead atoms. The van der Waals surface area contributed by atoms with Crippen LogP contribution in [0.15, 0.2) is 22.6 Å². The standard InChI is InChI=1S/C15H19NO4/c1-3-15(14(18)19)8-9-16(10-15)13(17)7-6-12-5-4-11(2)20-12/h4-7H,3,8-10H2,1-2H3,(H,18,19). The molecule has 20 heavy (non-hydrogen) atoms. The van der Waals surface area contributed by atoms with Crippen LogP contribution in [0, 0.1) is 12.3 Å². The molecule has 0 saturated carbocycles. The van der Waals surface area contributed by atoms with Crippen LogP contribution in [-0.4, -0.2) is 35.0 Å². The molecule has 2 heterocycles. The van der Waals surface area contributed by atoms with Gasteiger partial charge in [0.05, 0.1) is 5.41 Å². The molecule has 1 saturated heterocycles. The van der Waals surface area contributed by atoms with Crippen LogP contribution in [0.2, 0.25) is 0 Å². The van der Waals surface area contributed by atoms with Gasteiger partial charge >= 0.3 is 5.97 Å². The maximum atomic E-state index is 12.1. The largest absolute Gasteiger partial charge is 0.481 e. The number of carbonyl (C=O) groups excluding carboxylic acids is 1. The maximum absolute atomic E-state index is 12.1. The molecule has 1 unspecified atom stereocenters. The molecule has 1 aromatic heterocycles. The zero-order valence-corrected chi connectivity index (χ0v) is 11.8. The normalized spacial score (nSPS) is 22.6. The number of carboxylic acids is 1. The Bertz CT molecular complexity index is 546. The number of aryl methyl sites for hydroxylation is 1. The second-order valence-corrected chi connectivity index (χ2v) is 5.23. The van der Waals surface area contributed by atoms with Crippen molar-refractivity contribution in [3.8, 4) is 0 Å². The lowest BCUT2D eigenvalue weighted by Crippen LogP contribution is -2.35. The van der Waals surface area contributed by atoms with Crippen LogP contribution in [0.5, 0.6) is 0 Å². The summed E-state index contributed by atoms with van der Waals surface area (Å²) in [7, 11) is 0. The van der Waals surface area contributed by atoms with E-state index in [1.54, 1.807) is 17.0 Å². The van der Waals surface area contributed by atoms with Crippen LogP contribution in [0.1, 0.15) is 31.3 Å². The number of hydrogen-bond donors (Lipinski definition) is 1. The van der Waals surface area contributed by atoms with E-state index in [9.17, 15) is 14.7 Å². The second-order valence-electron chi connectivity index (χ2n) is 5.23. The lowest BCUT2D eigenvalue weighted by atomic mass is 9.84. The van der Waals surface area contributed by atoms with Crippen LogP contribution in [0.25, 0.3) is 6.08 Å². The van der Waals surface area contributed by atoms with Crippen molar-refractivity contribution >= 4 is 18.0 Å². The fourth-order valence-electron chi connectivity index (χ4n) is 2.48. The molecule has 2 rings (SSSR count). The van der Waals surface area contributed by atoms with E-state index in [-0.39, 0.29) is 12.5 Å². The van der Waals surface area contributed by atoms with E-state index < -0.39 is 11.4 Å². The SMILES string of the molecule is CCC1(C(=O)O)CCN(C(=O)C=Cc2ccc(C)o2)C1. The van der Waals surface area contributed by atoms with E-state index in [0.29, 0.717) is 25.1 Å². The Kier molecular flexibility index (Phi) is 3.97. The Morgan fingerprint density at radius 2 is 2.25 bits per heavy atom. The van der Waals surface area contributed by atoms with E-state index >= 15 is 0 Å². The summed E-state index contributed by atoms with van der Waals surface area (Å²) in [6.45, 7) is 4.45. The number of furan rings is 1. The Hall–Kier alpha value is -2.04. The molecule has 0 aliphatic carbocycles. The first-order valence-corrected chi connectivity index (χ1v) is 6.74. The zero-order valence-electron chi connectivity index (χ0n) is 11.8. The van der Waals surface area contributed by atoms with Gasteiger partial charge in [-0.15, -0.1) is 0 Å². The topological polar surface area (TPSA) is 70.8 Å². The predicted molar refractivity (Wildman–Crippen MR) is 74.0 cm³/mol. The number of aliphatic carboxylic acids is 1. The molecule has 5 heteroatoms. The molecule has 1 atom stereocenters. The van der Waals surface area contributed by atoms with Gasteiger partial charge in [-0.2, -0.15) is 0 Å². The van der Waals surface area contributed by atoms with Crippen molar-refractivity contribution in [2.75, 3.05) is 13.1 Å². The highest BCUT2D eigenvalue weighted by atomic mass is 16.4. The first kappa shape index (κ1) is 14.4. The quantitative estimate of drug-likeness (QED) is 0.857. The van der Waals surface area contributed by atoms with Crippen molar-refractivity contribution in [1.29, 1.82) is 0 Å². The minimum absolute atomic E-state index is 0.171. The minimum atomic E-state index is -0.819. The first-order chi connectivity index (χ1) is 9.47. The molecule has 1 amide bonds. The van der Waals surface area contributed by atoms with E-state index in [2.05, 4.69) is 0 Å². The summed E-state index contributed by atoms with van der Waals surface area (Å²) in [5, 5.41) is 9.30. The maximum Gasteiger partial charge on any atom is 0.311 e. The van der Waals surface area contributed by atoms with Crippen molar-refractivity contribution in [3.63, 3.8) is 0 Å². The van der Waals surface area contributed by atoms with Crippen LogP contribution in [0.3, 0.4) is 0 Å². The summed E-state index contributed by atoms with van der Waals surface area (Å²) in [5.74, 6) is 0.417. The summed E-state index contributed by atoms with van der Waals surface area (Å²) < 4.78 is 5.35. The highest BCUT2D eigenvalue weighted by Crippen LogP contribution is 2.34. The van der Waals surface area contributed by atoms with Crippen molar-refractivity contribution in [3.05, 3.63) is 29.7 Å². The molecule has 1 aliphatic heterocycles. The molecule has 1 aromatic rings. The van der Waals surface area contributed by atoms with Crippen LogP contribution in [-0.2, 0) is 9.59 Å². The van der Waals surface area contributed by atoms with E-state index in [1.807, 2.05) is 19.9 Å². The fourth-order valence-corrected chi connectivity index (χ4v) is 2.48. The molecular weight excluding hydrogens is 258 g/mol. The van der Waals surface area contributed by atoms with Crippen LogP contribution < -0.4 is 0 Å². The van der Waals surface area contributed by atoms with Gasteiger partial charge in [0.25, 0.3) is 0 Å². The lowest BCUT2D eigenvalue weighted by Gasteiger charge is -2.22. The summed E-state index contributed by atoms with van der Waals surface area (Å²) in [6.07, 6.45) is 4.10. The lowest BCUT2D eigenvalue weighted by molar-refractivity contribution is -0.148. The van der Waals surface area contributed by atoms with E-state index in [0.717, 1.165) is 5.76 Å². The number of hydrogen-bond acceptors (Lipinski definition) is 3. The van der Waals surface area contributed by atoms with E-state index in [4.69, 9.17) is 4.42 Å². The summed E-state index contributed by atoms with van der Waals surface area (Å²) in [6, 6.07) is 3.61. The molecule has 108 valence electrons. The number of carboxylic acid groups (broad SMARTS) is 1. The summed E-state index contributed by atoms with van der Waals surface area (Å²) in [4.78, 5) is 25.0. The predicted octanol–water partition coefficient (Wildman–Crippen LogP) is 2.31. The Labute approximate surface area is 117 Å². The molecule has 0 aromatic carbocycles. The summed E-state index contributed by atoms with van der Waals surface area (Å²) >= 11 is 0. The smallest absolute Gasteiger partial charge is 0.311 e. The van der Waals surface area contributed by atoms with Gasteiger partial charge in [0.2, 0.25) is 5.91 Å². The van der Waals surface area contributed by atoms with Crippen molar-refractivity contribution in [1.82, 2.24) is 4.90 Å². The zero-order chi connectivity index (χ0) is 14.8. The number of carbonyl (C=O) groups is 2. The number of amides is 1. The third kappa shape index (κ3) is 2.76. The van der Waals surface area contributed by atoms with Crippen LogP contribution in [0.4, 0.5) is 0 Å². The Morgan fingerprint density at radius 1 is 1.50 bits per heavy atom. The van der Waals surface area contributed by atoms with Crippen LogP contribution >= 0.6 is 0 Å². The van der Waals surface area contributed by atoms with E-state index in [1.165, 1.54) is 6.08 Å². The van der Waals surface area contributed by atoms with Gasteiger partial charge < -0.3 is 14.4 Å². The third-order valence-electron chi connectivity index (χ3n) is 3.95. The molecule has 0 radical (unpaired) electrons. The molecular formula is C15H19NO4. The highest BCUT2D eigenvalue weighted by Gasteiger charge is 2.44. The van der Waals surface area contributed by atoms with Gasteiger partial charge in [0.15, 0.2) is 0 Å². The van der Waals surface area contributed by atoms with Gasteiger partial charge in [-0.3, -0.25) is 9.59 Å². The monoisotopic (exact) mass is 277 g/mol. The number of rotatable bonds is 4. The van der Waals surface area contributed by atoms with Gasteiger partial charge in [-0.05, 0) is 38.0 Å². The number of likely N-dealkylation sites (tertiary alicyclic amines) is 1. The number of nitrogens with zero attached hydrogens (tertiary/aromatic N) is 1. The Morgan fingerprint density at radius 3 is 2.75 bits per heavy atom. The van der Waals surface area contributed by atoms with Crippen molar-refractivity contribution in [2.45, 2.75) is 26.7 Å². The Balaban J connectivity index is 2.01.